The molecule has 1 unspecified atom stereocenters. The Bertz CT molecular complexity index is 404. The highest BCUT2D eigenvalue weighted by atomic mass is 35.5. The van der Waals surface area contributed by atoms with Crippen LogP contribution in [0.1, 0.15) is 6.92 Å². The van der Waals surface area contributed by atoms with E-state index in [1.165, 1.54) is 0 Å². The second-order valence-corrected chi connectivity index (χ2v) is 3.42. The largest absolute Gasteiger partial charge is 0.464 e. The summed E-state index contributed by atoms with van der Waals surface area (Å²) in [5, 5.41) is 10.7. The average molecular weight is 287 g/mol. The SMILES string of the molecule is CCOc1nc(Cl)nc(NCC(O)C(F)(F)F)n1. The highest BCUT2D eigenvalue weighted by molar-refractivity contribution is 6.28. The molecule has 0 bridgehead atoms. The number of aliphatic hydroxyl groups is 1. The van der Waals surface area contributed by atoms with Crippen molar-refractivity contribution in [3.05, 3.63) is 5.28 Å². The molecule has 0 saturated carbocycles. The minimum Gasteiger partial charge on any atom is -0.464 e. The average Bonchev–Trinajstić information content (AvgIpc) is 2.24. The van der Waals surface area contributed by atoms with Crippen LogP contribution in [0.2, 0.25) is 5.28 Å². The maximum Gasteiger partial charge on any atom is 0.416 e. The fraction of sp³-hybridized carbons (Fsp3) is 0.625. The number of halogens is 4. The van der Waals surface area contributed by atoms with Gasteiger partial charge in [0.25, 0.3) is 0 Å². The van der Waals surface area contributed by atoms with Crippen LogP contribution < -0.4 is 10.1 Å². The Balaban J connectivity index is 2.67. The molecule has 18 heavy (non-hydrogen) atoms. The first-order valence-corrected chi connectivity index (χ1v) is 5.23. The fourth-order valence-corrected chi connectivity index (χ4v) is 1.06. The Morgan fingerprint density at radius 3 is 2.61 bits per heavy atom. The van der Waals surface area contributed by atoms with Gasteiger partial charge in [0.2, 0.25) is 11.2 Å². The third kappa shape index (κ3) is 4.49. The van der Waals surface area contributed by atoms with Crippen LogP contribution in [0.15, 0.2) is 0 Å². The van der Waals surface area contributed by atoms with Crippen LogP contribution in [0.25, 0.3) is 0 Å². The number of aliphatic hydroxyl groups excluding tert-OH is 1. The van der Waals surface area contributed by atoms with Crippen molar-refractivity contribution in [2.75, 3.05) is 18.5 Å². The predicted molar refractivity (Wildman–Crippen MR) is 56.6 cm³/mol. The summed E-state index contributed by atoms with van der Waals surface area (Å²) in [6.45, 7) is 1.15. The van der Waals surface area contributed by atoms with Gasteiger partial charge in [0.1, 0.15) is 0 Å². The molecule has 0 aromatic carbocycles. The summed E-state index contributed by atoms with van der Waals surface area (Å²) in [4.78, 5) is 10.8. The van der Waals surface area contributed by atoms with Crippen LogP contribution in [0, 0.1) is 0 Å². The van der Waals surface area contributed by atoms with Crippen molar-refractivity contribution >= 4 is 17.5 Å². The number of rotatable bonds is 5. The second-order valence-electron chi connectivity index (χ2n) is 3.08. The van der Waals surface area contributed by atoms with Gasteiger partial charge in [0, 0.05) is 0 Å². The van der Waals surface area contributed by atoms with E-state index in [0.29, 0.717) is 0 Å². The monoisotopic (exact) mass is 286 g/mol. The normalized spacial score (nSPS) is 13.2. The third-order valence-corrected chi connectivity index (χ3v) is 1.86. The van der Waals surface area contributed by atoms with E-state index in [-0.39, 0.29) is 23.8 Å². The van der Waals surface area contributed by atoms with Crippen molar-refractivity contribution in [2.45, 2.75) is 19.2 Å². The van der Waals surface area contributed by atoms with Crippen LogP contribution in [0.5, 0.6) is 6.01 Å². The van der Waals surface area contributed by atoms with Gasteiger partial charge >= 0.3 is 12.2 Å². The summed E-state index contributed by atoms with van der Waals surface area (Å²) in [5.74, 6) is -0.207. The Morgan fingerprint density at radius 1 is 1.39 bits per heavy atom. The lowest BCUT2D eigenvalue weighted by atomic mass is 10.3. The predicted octanol–water partition coefficient (Wildman–Crippen LogP) is 1.26. The highest BCUT2D eigenvalue weighted by Gasteiger charge is 2.38. The smallest absolute Gasteiger partial charge is 0.416 e. The van der Waals surface area contributed by atoms with Crippen LogP contribution in [-0.4, -0.2) is 45.5 Å². The minimum atomic E-state index is -4.72. The maximum absolute atomic E-state index is 12.0. The van der Waals surface area contributed by atoms with Crippen molar-refractivity contribution < 1.29 is 23.0 Å². The lowest BCUT2D eigenvalue weighted by Gasteiger charge is -2.15. The molecule has 1 rings (SSSR count). The van der Waals surface area contributed by atoms with Crippen molar-refractivity contribution in [1.82, 2.24) is 15.0 Å². The highest BCUT2D eigenvalue weighted by Crippen LogP contribution is 2.20. The molecule has 10 heteroatoms. The molecule has 102 valence electrons. The van der Waals surface area contributed by atoms with Gasteiger partial charge in [-0.2, -0.15) is 28.1 Å². The van der Waals surface area contributed by atoms with E-state index in [2.05, 4.69) is 20.3 Å². The van der Waals surface area contributed by atoms with Gasteiger partial charge in [-0.25, -0.2) is 0 Å². The summed E-state index contributed by atoms with van der Waals surface area (Å²) < 4.78 is 41.0. The molecular weight excluding hydrogens is 277 g/mol. The van der Waals surface area contributed by atoms with Gasteiger partial charge in [0.15, 0.2) is 6.10 Å². The molecule has 0 spiro atoms. The molecule has 0 fully saturated rings. The Labute approximate surface area is 105 Å². The van der Waals surface area contributed by atoms with E-state index < -0.39 is 18.8 Å². The molecule has 0 radical (unpaired) electrons. The molecule has 0 aliphatic rings. The molecule has 0 saturated heterocycles. The zero-order valence-electron chi connectivity index (χ0n) is 9.20. The molecule has 0 aliphatic carbocycles. The summed E-state index contributed by atoms with van der Waals surface area (Å²) >= 11 is 5.52. The van der Waals surface area contributed by atoms with Crippen LogP contribution in [0.3, 0.4) is 0 Å². The number of aromatic nitrogens is 3. The Kier molecular flexibility index (Phi) is 4.91. The van der Waals surface area contributed by atoms with Gasteiger partial charge < -0.3 is 15.2 Å². The number of alkyl halides is 3. The van der Waals surface area contributed by atoms with Gasteiger partial charge in [-0.15, -0.1) is 0 Å². The van der Waals surface area contributed by atoms with E-state index in [4.69, 9.17) is 21.4 Å². The molecular formula is C8H10ClF3N4O2. The zero-order valence-corrected chi connectivity index (χ0v) is 9.96. The molecule has 1 aromatic heterocycles. The van der Waals surface area contributed by atoms with E-state index in [1.54, 1.807) is 6.92 Å². The van der Waals surface area contributed by atoms with Gasteiger partial charge in [-0.3, -0.25) is 0 Å². The first-order chi connectivity index (χ1) is 8.32. The zero-order chi connectivity index (χ0) is 13.8. The van der Waals surface area contributed by atoms with Gasteiger partial charge in [-0.1, -0.05) is 0 Å². The second kappa shape index (κ2) is 6.01. The molecule has 1 heterocycles. The van der Waals surface area contributed by atoms with Gasteiger partial charge in [0.05, 0.1) is 13.2 Å². The number of anilines is 1. The van der Waals surface area contributed by atoms with Crippen molar-refractivity contribution in [3.8, 4) is 6.01 Å². The lowest BCUT2D eigenvalue weighted by molar-refractivity contribution is -0.198. The van der Waals surface area contributed by atoms with Crippen LogP contribution in [-0.2, 0) is 0 Å². The van der Waals surface area contributed by atoms with E-state index >= 15 is 0 Å². The first kappa shape index (κ1) is 14.7. The summed E-state index contributed by atoms with van der Waals surface area (Å²) in [7, 11) is 0. The molecule has 1 atom stereocenters. The summed E-state index contributed by atoms with van der Waals surface area (Å²) in [5.41, 5.74) is 0. The Hall–Kier alpha value is -1.35. The minimum absolute atomic E-state index is 0.110. The lowest BCUT2D eigenvalue weighted by Crippen LogP contribution is -2.35. The molecule has 1 aromatic rings. The first-order valence-electron chi connectivity index (χ1n) is 4.86. The van der Waals surface area contributed by atoms with Gasteiger partial charge in [-0.05, 0) is 18.5 Å². The number of nitrogens with one attached hydrogen (secondary N) is 1. The molecule has 0 aliphatic heterocycles. The third-order valence-electron chi connectivity index (χ3n) is 1.69. The number of ether oxygens (including phenoxy) is 1. The fourth-order valence-electron chi connectivity index (χ4n) is 0.908. The molecule has 0 amide bonds. The van der Waals surface area contributed by atoms with E-state index in [0.717, 1.165) is 0 Å². The van der Waals surface area contributed by atoms with Crippen molar-refractivity contribution in [2.24, 2.45) is 0 Å². The van der Waals surface area contributed by atoms with Crippen molar-refractivity contribution in [3.63, 3.8) is 0 Å². The standard InChI is InChI=1S/C8H10ClF3N4O2/c1-2-18-7-15-5(9)14-6(16-7)13-3-4(17)8(10,11)12/h4,17H,2-3H2,1H3,(H,13,14,15,16). The molecule has 2 N–H and O–H groups in total. The maximum atomic E-state index is 12.0. The number of hydrogen-bond acceptors (Lipinski definition) is 6. The van der Waals surface area contributed by atoms with Crippen LogP contribution >= 0.6 is 11.6 Å². The topological polar surface area (TPSA) is 80.2 Å². The van der Waals surface area contributed by atoms with E-state index in [9.17, 15) is 13.2 Å². The number of nitrogens with zero attached hydrogens (tertiary/aromatic N) is 3. The Morgan fingerprint density at radius 2 is 2.06 bits per heavy atom. The van der Waals surface area contributed by atoms with E-state index in [1.807, 2.05) is 0 Å². The molecule has 6 nitrogen and oxygen atoms in total. The summed E-state index contributed by atoms with van der Waals surface area (Å²) in [6.07, 6.45) is -7.24. The summed E-state index contributed by atoms with van der Waals surface area (Å²) in [6, 6.07) is -0.110. The number of hydrogen-bond donors (Lipinski definition) is 2. The van der Waals surface area contributed by atoms with Crippen molar-refractivity contribution in [1.29, 1.82) is 0 Å². The van der Waals surface area contributed by atoms with Crippen LogP contribution in [0.4, 0.5) is 19.1 Å². The quantitative estimate of drug-likeness (QED) is 0.848.